The zero-order valence-electron chi connectivity index (χ0n) is 12.5. The Morgan fingerprint density at radius 3 is 2.29 bits per heavy atom. The lowest BCUT2D eigenvalue weighted by Crippen LogP contribution is -2.40. The second kappa shape index (κ2) is 7.73. The SMILES string of the molecule is CC(C)C(NC(=O)CN(C)CC(=O)O)c1ccc(F)cc1. The fourth-order valence-corrected chi connectivity index (χ4v) is 2.06. The van der Waals surface area contributed by atoms with Crippen molar-refractivity contribution < 1.29 is 19.1 Å². The number of halogens is 1. The largest absolute Gasteiger partial charge is 0.480 e. The van der Waals surface area contributed by atoms with Gasteiger partial charge in [-0.25, -0.2) is 4.39 Å². The van der Waals surface area contributed by atoms with E-state index in [1.54, 1.807) is 19.2 Å². The van der Waals surface area contributed by atoms with Gasteiger partial charge in [0, 0.05) is 0 Å². The number of rotatable bonds is 7. The standard InChI is InChI=1S/C15H21FN2O3/c1-10(2)15(11-4-6-12(16)7-5-11)17-13(19)8-18(3)9-14(20)21/h4-7,10,15H,8-9H2,1-3H3,(H,17,19)(H,20,21). The fraction of sp³-hybridized carbons (Fsp3) is 0.467. The maximum Gasteiger partial charge on any atom is 0.317 e. The predicted octanol–water partition coefficient (Wildman–Crippen LogP) is 1.66. The number of hydrogen-bond acceptors (Lipinski definition) is 3. The van der Waals surface area contributed by atoms with Crippen molar-refractivity contribution in [3.63, 3.8) is 0 Å². The normalized spacial score (nSPS) is 12.5. The highest BCUT2D eigenvalue weighted by Gasteiger charge is 2.19. The van der Waals surface area contributed by atoms with E-state index < -0.39 is 5.97 Å². The van der Waals surface area contributed by atoms with Crippen LogP contribution in [-0.4, -0.2) is 42.0 Å². The highest BCUT2D eigenvalue weighted by molar-refractivity contribution is 5.79. The van der Waals surface area contributed by atoms with Crippen molar-refractivity contribution >= 4 is 11.9 Å². The number of amides is 1. The van der Waals surface area contributed by atoms with Crippen LogP contribution in [0.5, 0.6) is 0 Å². The predicted molar refractivity (Wildman–Crippen MR) is 77.3 cm³/mol. The first-order valence-electron chi connectivity index (χ1n) is 6.74. The maximum absolute atomic E-state index is 13.0. The first-order chi connectivity index (χ1) is 9.79. The molecule has 0 heterocycles. The van der Waals surface area contributed by atoms with Crippen molar-refractivity contribution in [2.24, 2.45) is 5.92 Å². The minimum absolute atomic E-state index is 0.00326. The second-order valence-electron chi connectivity index (χ2n) is 5.41. The summed E-state index contributed by atoms with van der Waals surface area (Å²) in [6.45, 7) is 3.71. The zero-order valence-corrected chi connectivity index (χ0v) is 12.5. The highest BCUT2D eigenvalue weighted by Crippen LogP contribution is 2.21. The summed E-state index contributed by atoms with van der Waals surface area (Å²) in [6.07, 6.45) is 0. The van der Waals surface area contributed by atoms with Crippen molar-refractivity contribution in [2.45, 2.75) is 19.9 Å². The van der Waals surface area contributed by atoms with Crippen LogP contribution in [0.15, 0.2) is 24.3 Å². The third kappa shape index (κ3) is 5.91. The third-order valence-corrected chi connectivity index (χ3v) is 3.03. The van der Waals surface area contributed by atoms with Crippen molar-refractivity contribution in [3.8, 4) is 0 Å². The first-order valence-corrected chi connectivity index (χ1v) is 6.74. The minimum atomic E-state index is -0.982. The van der Waals surface area contributed by atoms with Gasteiger partial charge in [0.05, 0.1) is 19.1 Å². The van der Waals surface area contributed by atoms with Crippen LogP contribution in [0.4, 0.5) is 4.39 Å². The number of nitrogens with one attached hydrogen (secondary N) is 1. The van der Waals surface area contributed by atoms with E-state index in [-0.39, 0.29) is 36.8 Å². The molecule has 1 aromatic rings. The maximum atomic E-state index is 13.0. The summed E-state index contributed by atoms with van der Waals surface area (Å²) >= 11 is 0. The molecular formula is C15H21FN2O3. The van der Waals surface area contributed by atoms with E-state index >= 15 is 0 Å². The summed E-state index contributed by atoms with van der Waals surface area (Å²) in [5.41, 5.74) is 0.820. The average molecular weight is 296 g/mol. The van der Waals surface area contributed by atoms with Crippen LogP contribution < -0.4 is 5.32 Å². The van der Waals surface area contributed by atoms with Crippen LogP contribution in [0.1, 0.15) is 25.5 Å². The van der Waals surface area contributed by atoms with Crippen LogP contribution in [0.25, 0.3) is 0 Å². The lowest BCUT2D eigenvalue weighted by molar-refractivity contribution is -0.138. The van der Waals surface area contributed by atoms with E-state index in [0.717, 1.165) is 5.56 Å². The molecule has 21 heavy (non-hydrogen) atoms. The van der Waals surface area contributed by atoms with Gasteiger partial charge in [-0.3, -0.25) is 14.5 Å². The average Bonchev–Trinajstić information content (AvgIpc) is 2.35. The first kappa shape index (κ1) is 17.1. The van der Waals surface area contributed by atoms with Gasteiger partial charge in [0.1, 0.15) is 5.82 Å². The molecule has 0 aliphatic carbocycles. The molecule has 0 spiro atoms. The molecule has 2 N–H and O–H groups in total. The van der Waals surface area contributed by atoms with Crippen molar-refractivity contribution in [1.29, 1.82) is 0 Å². The number of hydrogen-bond donors (Lipinski definition) is 2. The van der Waals surface area contributed by atoms with Gasteiger partial charge in [-0.2, -0.15) is 0 Å². The second-order valence-corrected chi connectivity index (χ2v) is 5.41. The number of nitrogens with zero attached hydrogens (tertiary/aromatic N) is 1. The van der Waals surface area contributed by atoms with Crippen molar-refractivity contribution in [1.82, 2.24) is 10.2 Å². The number of carboxylic acids is 1. The summed E-state index contributed by atoms with van der Waals surface area (Å²) in [4.78, 5) is 24.0. The molecule has 1 unspecified atom stereocenters. The molecule has 0 aliphatic heterocycles. The minimum Gasteiger partial charge on any atom is -0.480 e. The van der Waals surface area contributed by atoms with Crippen LogP contribution >= 0.6 is 0 Å². The lowest BCUT2D eigenvalue weighted by Gasteiger charge is -2.24. The van der Waals surface area contributed by atoms with Gasteiger partial charge in [0.25, 0.3) is 0 Å². The van der Waals surface area contributed by atoms with Gasteiger partial charge in [0.15, 0.2) is 0 Å². The molecule has 1 amide bonds. The van der Waals surface area contributed by atoms with E-state index in [2.05, 4.69) is 5.32 Å². The Hall–Kier alpha value is -1.95. The van der Waals surface area contributed by atoms with Gasteiger partial charge in [0.2, 0.25) is 5.91 Å². The van der Waals surface area contributed by atoms with Crippen LogP contribution in [0.2, 0.25) is 0 Å². The van der Waals surface area contributed by atoms with Crippen LogP contribution in [-0.2, 0) is 9.59 Å². The Labute approximate surface area is 123 Å². The van der Waals surface area contributed by atoms with Gasteiger partial charge in [-0.05, 0) is 30.7 Å². The molecule has 6 heteroatoms. The van der Waals surface area contributed by atoms with Crippen LogP contribution in [0, 0.1) is 11.7 Å². The Balaban J connectivity index is 2.68. The molecule has 0 saturated heterocycles. The Morgan fingerprint density at radius 2 is 1.81 bits per heavy atom. The zero-order chi connectivity index (χ0) is 16.0. The smallest absolute Gasteiger partial charge is 0.317 e. The summed E-state index contributed by atoms with van der Waals surface area (Å²) < 4.78 is 13.0. The highest BCUT2D eigenvalue weighted by atomic mass is 19.1. The fourth-order valence-electron chi connectivity index (χ4n) is 2.06. The number of likely N-dealkylation sites (N-methyl/N-ethyl adjacent to an activating group) is 1. The molecule has 0 radical (unpaired) electrons. The Morgan fingerprint density at radius 1 is 1.24 bits per heavy atom. The van der Waals surface area contributed by atoms with E-state index in [9.17, 15) is 14.0 Å². The molecule has 116 valence electrons. The number of benzene rings is 1. The number of carbonyl (C=O) groups is 2. The van der Waals surface area contributed by atoms with E-state index in [0.29, 0.717) is 0 Å². The molecule has 1 aromatic carbocycles. The summed E-state index contributed by atoms with van der Waals surface area (Å²) in [6, 6.07) is 5.75. The van der Waals surface area contributed by atoms with E-state index in [1.165, 1.54) is 17.0 Å². The van der Waals surface area contributed by atoms with E-state index in [4.69, 9.17) is 5.11 Å². The topological polar surface area (TPSA) is 69.6 Å². The van der Waals surface area contributed by atoms with Crippen molar-refractivity contribution in [3.05, 3.63) is 35.6 Å². The molecular weight excluding hydrogens is 275 g/mol. The summed E-state index contributed by atoms with van der Waals surface area (Å²) in [7, 11) is 1.57. The number of carbonyl (C=O) groups excluding carboxylic acids is 1. The summed E-state index contributed by atoms with van der Waals surface area (Å²) in [5, 5.41) is 11.5. The quantitative estimate of drug-likeness (QED) is 0.803. The van der Waals surface area contributed by atoms with Gasteiger partial charge in [-0.15, -0.1) is 0 Å². The molecule has 5 nitrogen and oxygen atoms in total. The molecule has 1 atom stereocenters. The Bertz CT molecular complexity index is 488. The third-order valence-electron chi connectivity index (χ3n) is 3.03. The molecule has 0 bridgehead atoms. The molecule has 0 fully saturated rings. The van der Waals surface area contributed by atoms with Crippen LogP contribution in [0.3, 0.4) is 0 Å². The van der Waals surface area contributed by atoms with Gasteiger partial charge >= 0.3 is 5.97 Å². The lowest BCUT2D eigenvalue weighted by atomic mass is 9.96. The van der Waals surface area contributed by atoms with Crippen molar-refractivity contribution in [2.75, 3.05) is 20.1 Å². The molecule has 0 aliphatic rings. The Kier molecular flexibility index (Phi) is 6.30. The number of aliphatic carboxylic acids is 1. The van der Waals surface area contributed by atoms with Gasteiger partial charge in [-0.1, -0.05) is 26.0 Å². The molecule has 0 aromatic heterocycles. The van der Waals surface area contributed by atoms with E-state index in [1.807, 2.05) is 13.8 Å². The monoisotopic (exact) mass is 296 g/mol. The molecule has 1 rings (SSSR count). The van der Waals surface area contributed by atoms with Gasteiger partial charge < -0.3 is 10.4 Å². The number of carboxylic acid groups (broad SMARTS) is 1. The summed E-state index contributed by atoms with van der Waals surface area (Å²) in [5.74, 6) is -1.44. The molecule has 0 saturated carbocycles.